The molecule has 0 fully saturated rings. The SMILES string of the molecule is Cc1noc(C)c1Cn1nnc(-c2ccccc2Cl)n1. The molecule has 3 aromatic rings. The van der Waals surface area contributed by atoms with Gasteiger partial charge in [-0.15, -0.1) is 10.2 Å². The summed E-state index contributed by atoms with van der Waals surface area (Å²) < 4.78 is 5.12. The van der Waals surface area contributed by atoms with E-state index in [0.717, 1.165) is 22.6 Å². The average molecular weight is 290 g/mol. The van der Waals surface area contributed by atoms with Crippen molar-refractivity contribution in [3.05, 3.63) is 46.3 Å². The molecule has 102 valence electrons. The first-order valence-electron chi connectivity index (χ1n) is 6.09. The lowest BCUT2D eigenvalue weighted by molar-refractivity contribution is 0.391. The van der Waals surface area contributed by atoms with Crippen molar-refractivity contribution in [2.45, 2.75) is 20.4 Å². The van der Waals surface area contributed by atoms with Crippen LogP contribution < -0.4 is 0 Å². The zero-order valence-electron chi connectivity index (χ0n) is 11.0. The summed E-state index contributed by atoms with van der Waals surface area (Å²) in [5, 5.41) is 16.9. The van der Waals surface area contributed by atoms with E-state index in [1.807, 2.05) is 32.0 Å². The molecule has 0 bridgehead atoms. The molecule has 2 aromatic heterocycles. The van der Waals surface area contributed by atoms with Gasteiger partial charge in [0.15, 0.2) is 0 Å². The van der Waals surface area contributed by atoms with Gasteiger partial charge in [-0.2, -0.15) is 4.80 Å². The Hall–Kier alpha value is -2.21. The molecule has 7 heteroatoms. The molecule has 0 saturated heterocycles. The Bertz CT molecular complexity index is 729. The summed E-state index contributed by atoms with van der Waals surface area (Å²) in [6.07, 6.45) is 0. The molecule has 0 unspecified atom stereocenters. The molecule has 20 heavy (non-hydrogen) atoms. The Morgan fingerprint density at radius 1 is 1.25 bits per heavy atom. The van der Waals surface area contributed by atoms with Crippen LogP contribution in [0.3, 0.4) is 0 Å². The van der Waals surface area contributed by atoms with Crippen molar-refractivity contribution in [1.82, 2.24) is 25.4 Å². The highest BCUT2D eigenvalue weighted by Gasteiger charge is 2.13. The van der Waals surface area contributed by atoms with Crippen molar-refractivity contribution in [3.8, 4) is 11.4 Å². The van der Waals surface area contributed by atoms with Crippen LogP contribution in [0.5, 0.6) is 0 Å². The molecule has 0 amide bonds. The van der Waals surface area contributed by atoms with E-state index in [4.69, 9.17) is 16.1 Å². The van der Waals surface area contributed by atoms with Crippen LogP contribution in [0.2, 0.25) is 5.02 Å². The van der Waals surface area contributed by atoms with Crippen molar-refractivity contribution in [2.75, 3.05) is 0 Å². The van der Waals surface area contributed by atoms with Crippen molar-refractivity contribution in [3.63, 3.8) is 0 Å². The minimum absolute atomic E-state index is 0.471. The van der Waals surface area contributed by atoms with E-state index in [-0.39, 0.29) is 0 Å². The third kappa shape index (κ3) is 2.30. The Morgan fingerprint density at radius 2 is 2.05 bits per heavy atom. The van der Waals surface area contributed by atoms with E-state index in [1.54, 1.807) is 6.07 Å². The normalized spacial score (nSPS) is 10.9. The Kier molecular flexibility index (Phi) is 3.23. The predicted octanol–water partition coefficient (Wildman–Crippen LogP) is 2.65. The van der Waals surface area contributed by atoms with E-state index >= 15 is 0 Å². The van der Waals surface area contributed by atoms with Crippen LogP contribution in [0.15, 0.2) is 28.8 Å². The molecule has 6 nitrogen and oxygen atoms in total. The Morgan fingerprint density at radius 3 is 2.75 bits per heavy atom. The maximum atomic E-state index is 6.12. The van der Waals surface area contributed by atoms with Gasteiger partial charge < -0.3 is 4.52 Å². The van der Waals surface area contributed by atoms with Gasteiger partial charge in [0.1, 0.15) is 5.76 Å². The summed E-state index contributed by atoms with van der Waals surface area (Å²) in [6.45, 7) is 4.22. The third-order valence-corrected chi connectivity index (χ3v) is 3.38. The molecule has 0 radical (unpaired) electrons. The number of aromatic nitrogens is 5. The highest BCUT2D eigenvalue weighted by Crippen LogP contribution is 2.23. The fourth-order valence-corrected chi connectivity index (χ4v) is 2.15. The molecule has 2 heterocycles. The van der Waals surface area contributed by atoms with Gasteiger partial charge >= 0.3 is 0 Å². The van der Waals surface area contributed by atoms with Gasteiger partial charge in [0.25, 0.3) is 0 Å². The van der Waals surface area contributed by atoms with Crippen molar-refractivity contribution in [1.29, 1.82) is 0 Å². The first-order valence-corrected chi connectivity index (χ1v) is 6.47. The van der Waals surface area contributed by atoms with E-state index in [1.165, 1.54) is 4.80 Å². The quantitative estimate of drug-likeness (QED) is 0.741. The van der Waals surface area contributed by atoms with Gasteiger partial charge in [-0.05, 0) is 31.2 Å². The Labute approximate surface area is 120 Å². The Balaban J connectivity index is 1.90. The average Bonchev–Trinajstić information content (AvgIpc) is 3.02. The fraction of sp³-hybridized carbons (Fsp3) is 0.231. The largest absolute Gasteiger partial charge is 0.361 e. The maximum absolute atomic E-state index is 6.12. The number of hydrogen-bond donors (Lipinski definition) is 0. The zero-order chi connectivity index (χ0) is 14.1. The number of rotatable bonds is 3. The van der Waals surface area contributed by atoms with Gasteiger partial charge in [-0.1, -0.05) is 28.9 Å². The second kappa shape index (κ2) is 5.05. The second-order valence-corrected chi connectivity index (χ2v) is 4.83. The molecule has 0 N–H and O–H groups in total. The van der Waals surface area contributed by atoms with E-state index in [0.29, 0.717) is 17.4 Å². The number of benzene rings is 1. The van der Waals surface area contributed by atoms with E-state index in [9.17, 15) is 0 Å². The van der Waals surface area contributed by atoms with Crippen LogP contribution in [-0.4, -0.2) is 25.4 Å². The molecule has 3 rings (SSSR count). The van der Waals surface area contributed by atoms with Crippen LogP contribution in [0.25, 0.3) is 11.4 Å². The maximum Gasteiger partial charge on any atom is 0.206 e. The van der Waals surface area contributed by atoms with Crippen LogP contribution >= 0.6 is 11.6 Å². The van der Waals surface area contributed by atoms with Gasteiger partial charge in [-0.25, -0.2) is 0 Å². The predicted molar refractivity (Wildman–Crippen MR) is 73.3 cm³/mol. The molecule has 0 aliphatic carbocycles. The van der Waals surface area contributed by atoms with Gasteiger partial charge in [0, 0.05) is 11.1 Å². The summed E-state index contributed by atoms with van der Waals surface area (Å²) in [7, 11) is 0. The number of aryl methyl sites for hydroxylation is 2. The molecule has 0 spiro atoms. The summed E-state index contributed by atoms with van der Waals surface area (Å²) in [5.74, 6) is 1.27. The zero-order valence-corrected chi connectivity index (χ0v) is 11.8. The van der Waals surface area contributed by atoms with Crippen LogP contribution in [0, 0.1) is 13.8 Å². The number of tetrazole rings is 1. The lowest BCUT2D eigenvalue weighted by Crippen LogP contribution is -2.05. The molecular weight excluding hydrogens is 278 g/mol. The third-order valence-electron chi connectivity index (χ3n) is 3.05. The van der Waals surface area contributed by atoms with Gasteiger partial charge in [-0.3, -0.25) is 0 Å². The molecule has 0 atom stereocenters. The summed E-state index contributed by atoms with van der Waals surface area (Å²) in [6, 6.07) is 7.40. The van der Waals surface area contributed by atoms with Crippen molar-refractivity contribution >= 4 is 11.6 Å². The first kappa shape index (κ1) is 12.8. The molecule has 1 aromatic carbocycles. The number of nitrogens with zero attached hydrogens (tertiary/aromatic N) is 5. The minimum Gasteiger partial charge on any atom is -0.361 e. The van der Waals surface area contributed by atoms with E-state index < -0.39 is 0 Å². The smallest absolute Gasteiger partial charge is 0.206 e. The lowest BCUT2D eigenvalue weighted by atomic mass is 10.2. The number of halogens is 1. The molecule has 0 aliphatic heterocycles. The molecular formula is C13H12ClN5O. The molecule has 0 aliphatic rings. The lowest BCUT2D eigenvalue weighted by Gasteiger charge is -1.98. The van der Waals surface area contributed by atoms with Gasteiger partial charge in [0.2, 0.25) is 5.82 Å². The summed E-state index contributed by atoms with van der Waals surface area (Å²) in [5.41, 5.74) is 2.56. The van der Waals surface area contributed by atoms with Crippen molar-refractivity contribution in [2.24, 2.45) is 0 Å². The first-order chi connectivity index (χ1) is 9.65. The number of hydrogen-bond acceptors (Lipinski definition) is 5. The summed E-state index contributed by atoms with van der Waals surface area (Å²) >= 11 is 6.12. The van der Waals surface area contributed by atoms with Crippen LogP contribution in [-0.2, 0) is 6.54 Å². The van der Waals surface area contributed by atoms with E-state index in [2.05, 4.69) is 20.6 Å². The topological polar surface area (TPSA) is 69.6 Å². The molecule has 0 saturated carbocycles. The van der Waals surface area contributed by atoms with Crippen molar-refractivity contribution < 1.29 is 4.52 Å². The monoisotopic (exact) mass is 289 g/mol. The standard InChI is InChI=1S/C13H12ClN5O/c1-8-11(9(2)20-17-8)7-19-16-13(15-18-19)10-5-3-4-6-12(10)14/h3-6H,7H2,1-2H3. The van der Waals surface area contributed by atoms with Crippen LogP contribution in [0.4, 0.5) is 0 Å². The highest BCUT2D eigenvalue weighted by molar-refractivity contribution is 6.33. The van der Waals surface area contributed by atoms with Crippen LogP contribution in [0.1, 0.15) is 17.0 Å². The summed E-state index contributed by atoms with van der Waals surface area (Å²) in [4.78, 5) is 1.51. The second-order valence-electron chi connectivity index (χ2n) is 4.43. The highest BCUT2D eigenvalue weighted by atomic mass is 35.5. The minimum atomic E-state index is 0.471. The fourth-order valence-electron chi connectivity index (χ4n) is 1.93. The van der Waals surface area contributed by atoms with Gasteiger partial charge in [0.05, 0.1) is 17.3 Å².